The van der Waals surface area contributed by atoms with Gasteiger partial charge in [-0.2, -0.15) is 0 Å². The summed E-state index contributed by atoms with van der Waals surface area (Å²) in [7, 11) is 0. The van der Waals surface area contributed by atoms with Gasteiger partial charge >= 0.3 is 6.03 Å². The molecule has 2 N–H and O–H groups in total. The molecular formula is C19H17FN2O4. The van der Waals surface area contributed by atoms with Gasteiger partial charge in [0, 0.05) is 0 Å². The molecule has 1 heterocycles. The van der Waals surface area contributed by atoms with Crippen molar-refractivity contribution in [1.29, 1.82) is 0 Å². The van der Waals surface area contributed by atoms with Gasteiger partial charge in [0.05, 0.1) is 6.61 Å². The van der Waals surface area contributed by atoms with E-state index in [1.807, 2.05) is 6.92 Å². The average Bonchev–Trinajstić information content (AvgIpc) is 2.93. The summed E-state index contributed by atoms with van der Waals surface area (Å²) in [5, 5.41) is 4.57. The predicted molar refractivity (Wildman–Crippen MR) is 93.0 cm³/mol. The summed E-state index contributed by atoms with van der Waals surface area (Å²) in [6.07, 6.45) is 1.55. The van der Waals surface area contributed by atoms with Gasteiger partial charge < -0.3 is 14.8 Å². The number of hydrogen-bond donors (Lipinski definition) is 2. The van der Waals surface area contributed by atoms with Crippen molar-refractivity contribution in [1.82, 2.24) is 10.6 Å². The van der Waals surface area contributed by atoms with Gasteiger partial charge in [-0.25, -0.2) is 9.18 Å². The van der Waals surface area contributed by atoms with Crippen molar-refractivity contribution in [3.8, 4) is 11.5 Å². The molecule has 1 aliphatic heterocycles. The Morgan fingerprint density at radius 2 is 1.77 bits per heavy atom. The van der Waals surface area contributed by atoms with E-state index in [1.54, 1.807) is 36.4 Å². The van der Waals surface area contributed by atoms with Gasteiger partial charge in [-0.05, 0) is 48.4 Å². The van der Waals surface area contributed by atoms with Gasteiger partial charge in [-0.3, -0.25) is 10.1 Å². The largest absolute Gasteiger partial charge is 0.490 e. The van der Waals surface area contributed by atoms with Crippen LogP contribution in [-0.2, 0) is 11.4 Å². The highest BCUT2D eigenvalue weighted by Gasteiger charge is 2.22. The first-order valence-electron chi connectivity index (χ1n) is 8.03. The van der Waals surface area contributed by atoms with E-state index in [4.69, 9.17) is 9.47 Å². The quantitative estimate of drug-likeness (QED) is 0.616. The molecule has 1 aliphatic rings. The lowest BCUT2D eigenvalue weighted by molar-refractivity contribution is -0.115. The fourth-order valence-electron chi connectivity index (χ4n) is 2.39. The van der Waals surface area contributed by atoms with Gasteiger partial charge in [-0.15, -0.1) is 0 Å². The monoisotopic (exact) mass is 356 g/mol. The fraction of sp³-hybridized carbons (Fsp3) is 0.158. The zero-order valence-corrected chi connectivity index (χ0v) is 14.0. The van der Waals surface area contributed by atoms with E-state index in [9.17, 15) is 14.0 Å². The number of rotatable bonds is 6. The van der Waals surface area contributed by atoms with Crippen molar-refractivity contribution in [2.24, 2.45) is 0 Å². The average molecular weight is 356 g/mol. The Kier molecular flexibility index (Phi) is 5.17. The molecule has 0 unspecified atom stereocenters. The molecule has 7 heteroatoms. The summed E-state index contributed by atoms with van der Waals surface area (Å²) in [6, 6.07) is 10.7. The van der Waals surface area contributed by atoms with Gasteiger partial charge in [0.25, 0.3) is 5.91 Å². The molecule has 0 atom stereocenters. The van der Waals surface area contributed by atoms with Crippen molar-refractivity contribution >= 4 is 18.0 Å². The third kappa shape index (κ3) is 4.18. The topological polar surface area (TPSA) is 76.7 Å². The van der Waals surface area contributed by atoms with Crippen LogP contribution in [0, 0.1) is 5.82 Å². The van der Waals surface area contributed by atoms with Crippen LogP contribution in [0.25, 0.3) is 6.08 Å². The molecule has 0 spiro atoms. The van der Waals surface area contributed by atoms with E-state index in [1.165, 1.54) is 12.1 Å². The lowest BCUT2D eigenvalue weighted by Gasteiger charge is -2.13. The number of carbonyl (C=O) groups is 2. The van der Waals surface area contributed by atoms with E-state index in [0.29, 0.717) is 23.7 Å². The molecule has 26 heavy (non-hydrogen) atoms. The molecule has 2 aromatic carbocycles. The Balaban J connectivity index is 1.78. The van der Waals surface area contributed by atoms with Crippen LogP contribution >= 0.6 is 0 Å². The van der Waals surface area contributed by atoms with E-state index in [0.717, 1.165) is 5.56 Å². The van der Waals surface area contributed by atoms with Crippen molar-refractivity contribution < 1.29 is 23.5 Å². The maximum Gasteiger partial charge on any atom is 0.326 e. The van der Waals surface area contributed by atoms with Crippen molar-refractivity contribution in [2.45, 2.75) is 13.5 Å². The highest BCUT2D eigenvalue weighted by atomic mass is 19.1. The molecule has 2 aromatic rings. The third-order valence-corrected chi connectivity index (χ3v) is 3.61. The summed E-state index contributed by atoms with van der Waals surface area (Å²) in [5.74, 6) is 0.251. The molecular weight excluding hydrogens is 339 g/mol. The first-order chi connectivity index (χ1) is 12.5. The number of nitrogens with one attached hydrogen (secondary N) is 2. The number of amides is 3. The Bertz CT molecular complexity index is 862. The Morgan fingerprint density at radius 3 is 2.42 bits per heavy atom. The van der Waals surface area contributed by atoms with E-state index < -0.39 is 11.9 Å². The number of ether oxygens (including phenoxy) is 2. The Labute approximate surface area is 149 Å². The first-order valence-corrected chi connectivity index (χ1v) is 8.03. The van der Waals surface area contributed by atoms with Crippen molar-refractivity contribution in [3.05, 3.63) is 65.1 Å². The van der Waals surface area contributed by atoms with Gasteiger partial charge in [-0.1, -0.05) is 18.2 Å². The zero-order valence-electron chi connectivity index (χ0n) is 14.0. The number of benzene rings is 2. The smallest absolute Gasteiger partial charge is 0.326 e. The molecule has 6 nitrogen and oxygen atoms in total. The maximum atomic E-state index is 13.0. The Morgan fingerprint density at radius 1 is 1.00 bits per heavy atom. The SMILES string of the molecule is CCOc1cc(/C=C2/NC(=O)NC2=O)ccc1OCc1ccc(F)cc1. The molecule has 1 fully saturated rings. The predicted octanol–water partition coefficient (Wildman–Crippen LogP) is 2.98. The van der Waals surface area contributed by atoms with Gasteiger partial charge in [0.2, 0.25) is 0 Å². The summed E-state index contributed by atoms with van der Waals surface area (Å²) in [4.78, 5) is 22.8. The normalized spacial score (nSPS) is 14.9. The summed E-state index contributed by atoms with van der Waals surface area (Å²) >= 11 is 0. The highest BCUT2D eigenvalue weighted by molar-refractivity contribution is 6.14. The molecule has 0 bridgehead atoms. The van der Waals surface area contributed by atoms with Crippen LogP contribution in [0.1, 0.15) is 18.1 Å². The highest BCUT2D eigenvalue weighted by Crippen LogP contribution is 2.30. The second kappa shape index (κ2) is 7.69. The number of hydrogen-bond acceptors (Lipinski definition) is 4. The van der Waals surface area contributed by atoms with Crippen LogP contribution in [0.2, 0.25) is 0 Å². The van der Waals surface area contributed by atoms with Crippen LogP contribution < -0.4 is 20.1 Å². The number of imide groups is 1. The lowest BCUT2D eigenvalue weighted by atomic mass is 10.1. The second-order valence-electron chi connectivity index (χ2n) is 5.52. The van der Waals surface area contributed by atoms with Crippen LogP contribution in [-0.4, -0.2) is 18.5 Å². The Hall–Kier alpha value is -3.35. The van der Waals surface area contributed by atoms with Gasteiger partial charge in [0.15, 0.2) is 11.5 Å². The molecule has 134 valence electrons. The van der Waals surface area contributed by atoms with Crippen LogP contribution in [0.3, 0.4) is 0 Å². The molecule has 0 saturated carbocycles. The lowest BCUT2D eigenvalue weighted by Crippen LogP contribution is -2.22. The minimum absolute atomic E-state index is 0.164. The second-order valence-corrected chi connectivity index (χ2v) is 5.52. The van der Waals surface area contributed by atoms with Crippen molar-refractivity contribution in [3.63, 3.8) is 0 Å². The molecule has 1 saturated heterocycles. The van der Waals surface area contributed by atoms with E-state index in [2.05, 4.69) is 10.6 Å². The summed E-state index contributed by atoms with van der Waals surface area (Å²) < 4.78 is 24.3. The number of urea groups is 1. The molecule has 0 radical (unpaired) electrons. The van der Waals surface area contributed by atoms with Gasteiger partial charge in [0.1, 0.15) is 18.1 Å². The summed E-state index contributed by atoms with van der Waals surface area (Å²) in [6.45, 7) is 2.54. The minimum atomic E-state index is -0.550. The third-order valence-electron chi connectivity index (χ3n) is 3.61. The first kappa shape index (κ1) is 17.5. The molecule has 3 rings (SSSR count). The minimum Gasteiger partial charge on any atom is -0.490 e. The molecule has 3 amide bonds. The molecule has 0 aromatic heterocycles. The maximum absolute atomic E-state index is 13.0. The fourth-order valence-corrected chi connectivity index (χ4v) is 2.39. The van der Waals surface area contributed by atoms with Crippen LogP contribution in [0.4, 0.5) is 9.18 Å². The zero-order chi connectivity index (χ0) is 18.5. The van der Waals surface area contributed by atoms with Crippen LogP contribution in [0.15, 0.2) is 48.2 Å². The standard InChI is InChI=1S/C19H17FN2O4/c1-2-25-17-10-13(9-15-18(23)22-19(24)21-15)5-8-16(17)26-11-12-3-6-14(20)7-4-12/h3-10H,2,11H2,1H3,(H2,21,22,23,24)/b15-9+. The van der Waals surface area contributed by atoms with E-state index in [-0.39, 0.29) is 18.1 Å². The number of halogens is 1. The van der Waals surface area contributed by atoms with E-state index >= 15 is 0 Å². The number of carbonyl (C=O) groups excluding carboxylic acids is 2. The molecule has 0 aliphatic carbocycles. The van der Waals surface area contributed by atoms with Crippen LogP contribution in [0.5, 0.6) is 11.5 Å². The van der Waals surface area contributed by atoms with Crippen molar-refractivity contribution in [2.75, 3.05) is 6.61 Å². The summed E-state index contributed by atoms with van der Waals surface area (Å²) in [5.41, 5.74) is 1.66.